The number of rotatable bonds is 4. The average Bonchev–Trinajstić information content (AvgIpc) is 2.90. The van der Waals surface area contributed by atoms with Gasteiger partial charge in [-0.15, -0.1) is 0 Å². The molecule has 0 amide bonds. The average molecular weight is 206 g/mol. The van der Waals surface area contributed by atoms with Crippen molar-refractivity contribution in [3.8, 4) is 0 Å². The van der Waals surface area contributed by atoms with Gasteiger partial charge in [0.05, 0.1) is 12.2 Å². The summed E-state index contributed by atoms with van der Waals surface area (Å²) in [5.74, 6) is 1.82. The van der Waals surface area contributed by atoms with Gasteiger partial charge in [-0.25, -0.2) is 4.79 Å². The molecule has 0 bridgehead atoms. The highest BCUT2D eigenvalue weighted by molar-refractivity contribution is 5.92. The summed E-state index contributed by atoms with van der Waals surface area (Å²) in [6, 6.07) is 0. The number of ether oxygens (including phenoxy) is 1. The Balaban J connectivity index is 1.86. The van der Waals surface area contributed by atoms with Crippen LogP contribution in [0, 0.1) is 17.8 Å². The molecule has 1 fully saturated rings. The molecule has 0 aromatic rings. The monoisotopic (exact) mass is 206 g/mol. The molecule has 3 unspecified atom stereocenters. The van der Waals surface area contributed by atoms with Gasteiger partial charge in [0.2, 0.25) is 0 Å². The minimum atomic E-state index is -0.155. The molecule has 1 saturated carbocycles. The van der Waals surface area contributed by atoms with Gasteiger partial charge in [0.1, 0.15) is 0 Å². The van der Waals surface area contributed by atoms with E-state index in [0.717, 1.165) is 18.4 Å². The van der Waals surface area contributed by atoms with Gasteiger partial charge >= 0.3 is 5.97 Å². The number of allylic oxidation sites excluding steroid dienone is 2. The lowest BCUT2D eigenvalue weighted by atomic mass is 10.1. The van der Waals surface area contributed by atoms with Gasteiger partial charge in [0.15, 0.2) is 0 Å². The summed E-state index contributed by atoms with van der Waals surface area (Å²) in [7, 11) is 0. The predicted octanol–water partition coefficient (Wildman–Crippen LogP) is 2.71. The van der Waals surface area contributed by atoms with E-state index in [4.69, 9.17) is 4.74 Å². The van der Waals surface area contributed by atoms with Crippen molar-refractivity contribution >= 4 is 5.97 Å². The van der Waals surface area contributed by atoms with Gasteiger partial charge in [-0.1, -0.05) is 38.5 Å². The van der Waals surface area contributed by atoms with Gasteiger partial charge in [0.25, 0.3) is 0 Å². The van der Waals surface area contributed by atoms with E-state index in [-0.39, 0.29) is 5.97 Å². The van der Waals surface area contributed by atoms with Crippen LogP contribution < -0.4 is 0 Å². The van der Waals surface area contributed by atoms with E-state index in [1.807, 2.05) is 6.08 Å². The van der Waals surface area contributed by atoms with Gasteiger partial charge < -0.3 is 4.74 Å². The van der Waals surface area contributed by atoms with Crippen LogP contribution >= 0.6 is 0 Å². The van der Waals surface area contributed by atoms with Crippen molar-refractivity contribution in [1.82, 2.24) is 0 Å². The molecule has 2 nitrogen and oxygen atoms in total. The van der Waals surface area contributed by atoms with Crippen LogP contribution in [0.25, 0.3) is 0 Å². The molecule has 0 aromatic heterocycles. The molecular formula is C13H18O2. The number of unbranched alkanes of at least 4 members (excludes halogenated alkanes) is 1. The summed E-state index contributed by atoms with van der Waals surface area (Å²) in [4.78, 5) is 11.6. The van der Waals surface area contributed by atoms with E-state index in [0.29, 0.717) is 24.4 Å². The smallest absolute Gasteiger partial charge is 0.337 e. The zero-order valence-electron chi connectivity index (χ0n) is 9.40. The third-order valence-corrected chi connectivity index (χ3v) is 3.35. The summed E-state index contributed by atoms with van der Waals surface area (Å²) in [6.45, 7) is 4.86. The van der Waals surface area contributed by atoms with Gasteiger partial charge in [-0.2, -0.15) is 0 Å². The van der Waals surface area contributed by atoms with E-state index in [9.17, 15) is 4.79 Å². The fourth-order valence-electron chi connectivity index (χ4n) is 2.10. The lowest BCUT2D eigenvalue weighted by Gasteiger charge is -2.06. The summed E-state index contributed by atoms with van der Waals surface area (Å²) < 4.78 is 5.17. The highest BCUT2D eigenvalue weighted by Gasteiger charge is 2.45. The van der Waals surface area contributed by atoms with Gasteiger partial charge in [0, 0.05) is 0 Å². The molecule has 0 N–H and O–H groups in total. The first-order valence-electron chi connectivity index (χ1n) is 5.81. The Morgan fingerprint density at radius 1 is 1.47 bits per heavy atom. The molecule has 2 aliphatic carbocycles. The van der Waals surface area contributed by atoms with Crippen LogP contribution in [-0.4, -0.2) is 12.6 Å². The Kier molecular flexibility index (Phi) is 2.94. The SMILES string of the molecule is CCCCOC(=O)C1=CC2C(C)C2C=C1. The number of fused-ring (bicyclic) bond motifs is 1. The molecule has 0 spiro atoms. The maximum atomic E-state index is 11.6. The molecule has 0 heterocycles. The van der Waals surface area contributed by atoms with Crippen LogP contribution in [0.4, 0.5) is 0 Å². The van der Waals surface area contributed by atoms with Crippen molar-refractivity contribution in [2.45, 2.75) is 26.7 Å². The second-order valence-corrected chi connectivity index (χ2v) is 4.48. The van der Waals surface area contributed by atoms with Crippen molar-refractivity contribution < 1.29 is 9.53 Å². The topological polar surface area (TPSA) is 26.3 Å². The van der Waals surface area contributed by atoms with Crippen molar-refractivity contribution in [2.75, 3.05) is 6.61 Å². The van der Waals surface area contributed by atoms with Gasteiger partial charge in [-0.05, 0) is 24.2 Å². The summed E-state index contributed by atoms with van der Waals surface area (Å²) in [5, 5.41) is 0. The lowest BCUT2D eigenvalue weighted by Crippen LogP contribution is -2.09. The Labute approximate surface area is 91.0 Å². The molecule has 3 atom stereocenters. The fourth-order valence-corrected chi connectivity index (χ4v) is 2.10. The summed E-state index contributed by atoms with van der Waals surface area (Å²) in [6.07, 6.45) is 8.14. The van der Waals surface area contributed by atoms with E-state index >= 15 is 0 Å². The third-order valence-electron chi connectivity index (χ3n) is 3.35. The number of hydrogen-bond acceptors (Lipinski definition) is 2. The Morgan fingerprint density at radius 3 is 2.93 bits per heavy atom. The van der Waals surface area contributed by atoms with Crippen LogP contribution in [0.2, 0.25) is 0 Å². The Bertz CT molecular complexity index is 314. The first kappa shape index (κ1) is 10.5. The fraction of sp³-hybridized carbons (Fsp3) is 0.615. The Hall–Kier alpha value is -1.05. The molecule has 15 heavy (non-hydrogen) atoms. The molecule has 0 radical (unpaired) electrons. The zero-order chi connectivity index (χ0) is 10.8. The normalized spacial score (nSPS) is 31.9. The molecule has 2 rings (SSSR count). The van der Waals surface area contributed by atoms with Crippen LogP contribution in [0.5, 0.6) is 0 Å². The first-order valence-corrected chi connectivity index (χ1v) is 5.81. The van der Waals surface area contributed by atoms with Crippen molar-refractivity contribution in [2.24, 2.45) is 17.8 Å². The molecular weight excluding hydrogens is 188 g/mol. The quantitative estimate of drug-likeness (QED) is 0.522. The largest absolute Gasteiger partial charge is 0.462 e. The summed E-state index contributed by atoms with van der Waals surface area (Å²) >= 11 is 0. The second kappa shape index (κ2) is 4.21. The molecule has 0 saturated heterocycles. The number of carbonyl (C=O) groups is 1. The third kappa shape index (κ3) is 2.14. The molecule has 2 heteroatoms. The van der Waals surface area contributed by atoms with Crippen molar-refractivity contribution in [1.29, 1.82) is 0 Å². The lowest BCUT2D eigenvalue weighted by molar-refractivity contribution is -0.138. The maximum absolute atomic E-state index is 11.6. The van der Waals surface area contributed by atoms with E-state index in [1.165, 1.54) is 0 Å². The minimum absolute atomic E-state index is 0.155. The summed E-state index contributed by atoms with van der Waals surface area (Å²) in [5.41, 5.74) is 0.747. The van der Waals surface area contributed by atoms with E-state index in [2.05, 4.69) is 26.0 Å². The maximum Gasteiger partial charge on any atom is 0.337 e. The highest BCUT2D eigenvalue weighted by Crippen LogP contribution is 2.50. The van der Waals surface area contributed by atoms with Crippen molar-refractivity contribution in [3.05, 3.63) is 23.8 Å². The first-order chi connectivity index (χ1) is 7.24. The number of hydrogen-bond donors (Lipinski definition) is 0. The van der Waals surface area contributed by atoms with Crippen LogP contribution in [0.3, 0.4) is 0 Å². The van der Waals surface area contributed by atoms with Crippen LogP contribution in [-0.2, 0) is 9.53 Å². The number of esters is 1. The molecule has 0 aromatic carbocycles. The standard InChI is InChI=1S/C13H18O2/c1-3-4-7-15-13(14)10-5-6-11-9(2)12(11)8-10/h5-6,8-9,11-12H,3-4,7H2,1-2H3. The predicted molar refractivity (Wildman–Crippen MR) is 59.2 cm³/mol. The second-order valence-electron chi connectivity index (χ2n) is 4.48. The van der Waals surface area contributed by atoms with Crippen LogP contribution in [0.15, 0.2) is 23.8 Å². The molecule has 0 aliphatic heterocycles. The highest BCUT2D eigenvalue weighted by atomic mass is 16.5. The van der Waals surface area contributed by atoms with E-state index in [1.54, 1.807) is 0 Å². The minimum Gasteiger partial charge on any atom is -0.462 e. The van der Waals surface area contributed by atoms with E-state index < -0.39 is 0 Å². The number of carbonyl (C=O) groups excluding carboxylic acids is 1. The zero-order valence-corrected chi connectivity index (χ0v) is 9.40. The molecule has 82 valence electrons. The van der Waals surface area contributed by atoms with Crippen molar-refractivity contribution in [3.63, 3.8) is 0 Å². The van der Waals surface area contributed by atoms with Crippen LogP contribution in [0.1, 0.15) is 26.7 Å². The van der Waals surface area contributed by atoms with Gasteiger partial charge in [-0.3, -0.25) is 0 Å². The molecule has 2 aliphatic rings. The Morgan fingerprint density at radius 2 is 2.27 bits per heavy atom.